The van der Waals surface area contributed by atoms with Gasteiger partial charge in [-0.1, -0.05) is 29.8 Å². The summed E-state index contributed by atoms with van der Waals surface area (Å²) in [5.74, 6) is -0.0437. The number of carbonyl (C=O) groups excluding carboxylic acids is 2. The number of hydrogen-bond donors (Lipinski definition) is 3. The second-order valence-electron chi connectivity index (χ2n) is 5.91. The molecule has 1 atom stereocenters. The smallest absolute Gasteiger partial charge is 0.236 e. The van der Waals surface area contributed by atoms with E-state index in [0.717, 1.165) is 25.7 Å². The minimum Gasteiger partial charge on any atom is -0.358 e. The maximum absolute atomic E-state index is 11.7. The first-order valence-electron chi connectivity index (χ1n) is 8.32. The van der Waals surface area contributed by atoms with E-state index in [1.54, 1.807) is 7.05 Å². The van der Waals surface area contributed by atoms with Crippen LogP contribution in [0.25, 0.3) is 0 Å². The van der Waals surface area contributed by atoms with Crippen molar-refractivity contribution >= 4 is 11.8 Å². The molecule has 1 aromatic carbocycles. The molecule has 2 amide bonds. The fourth-order valence-corrected chi connectivity index (χ4v) is 2.33. The highest BCUT2D eigenvalue weighted by atomic mass is 16.2. The third kappa shape index (κ3) is 8.35. The summed E-state index contributed by atoms with van der Waals surface area (Å²) in [6.45, 7) is 2.71. The van der Waals surface area contributed by atoms with Crippen LogP contribution >= 0.6 is 0 Å². The van der Waals surface area contributed by atoms with E-state index in [1.165, 1.54) is 11.1 Å². The van der Waals surface area contributed by atoms with Crippen LogP contribution in [0.3, 0.4) is 0 Å². The number of hydrogen-bond acceptors (Lipinski definition) is 3. The minimum absolute atomic E-state index is 0.0905. The predicted octanol–water partition coefficient (Wildman–Crippen LogP) is 1.68. The standard InChI is InChI=1S/C18H29N3O2/c1-14-9-11-15(12-10-14)6-5-8-17(22)21-13-4-3-7-16(19)18(23)20-2/h9-12,16H,3-8,13,19H2,1-2H3,(H,20,23)(H,21,22)/t16-/m0/s1. The van der Waals surface area contributed by atoms with Gasteiger partial charge < -0.3 is 16.4 Å². The van der Waals surface area contributed by atoms with E-state index in [1.807, 2.05) is 0 Å². The fourth-order valence-electron chi connectivity index (χ4n) is 2.33. The van der Waals surface area contributed by atoms with Crippen molar-refractivity contribution in [3.05, 3.63) is 35.4 Å². The molecular weight excluding hydrogens is 290 g/mol. The fraction of sp³-hybridized carbons (Fsp3) is 0.556. The minimum atomic E-state index is -0.454. The van der Waals surface area contributed by atoms with Crippen molar-refractivity contribution < 1.29 is 9.59 Å². The van der Waals surface area contributed by atoms with Gasteiger partial charge in [0.15, 0.2) is 0 Å². The molecule has 0 bridgehead atoms. The molecule has 0 unspecified atom stereocenters. The molecule has 23 heavy (non-hydrogen) atoms. The zero-order valence-electron chi connectivity index (χ0n) is 14.2. The topological polar surface area (TPSA) is 84.2 Å². The molecule has 5 heteroatoms. The summed E-state index contributed by atoms with van der Waals surface area (Å²) in [6, 6.07) is 7.97. The third-order valence-corrected chi connectivity index (χ3v) is 3.84. The maximum Gasteiger partial charge on any atom is 0.236 e. The van der Waals surface area contributed by atoms with Gasteiger partial charge in [-0.15, -0.1) is 0 Å². The maximum atomic E-state index is 11.7. The van der Waals surface area contributed by atoms with Crippen LogP contribution in [0.4, 0.5) is 0 Å². The van der Waals surface area contributed by atoms with Crippen molar-refractivity contribution in [3.63, 3.8) is 0 Å². The molecule has 0 fully saturated rings. The largest absolute Gasteiger partial charge is 0.358 e. The van der Waals surface area contributed by atoms with Crippen LogP contribution in [-0.4, -0.2) is 31.4 Å². The van der Waals surface area contributed by atoms with E-state index >= 15 is 0 Å². The molecule has 1 rings (SSSR count). The SMILES string of the molecule is CNC(=O)[C@@H](N)CCCCNC(=O)CCCc1ccc(C)cc1. The summed E-state index contributed by atoms with van der Waals surface area (Å²) in [7, 11) is 1.58. The first kappa shape index (κ1) is 19.2. The van der Waals surface area contributed by atoms with E-state index in [4.69, 9.17) is 5.73 Å². The molecule has 4 N–H and O–H groups in total. The number of nitrogens with one attached hydrogen (secondary N) is 2. The monoisotopic (exact) mass is 319 g/mol. The quantitative estimate of drug-likeness (QED) is 0.574. The Morgan fingerprint density at radius 1 is 1.13 bits per heavy atom. The van der Waals surface area contributed by atoms with Crippen LogP contribution in [0.15, 0.2) is 24.3 Å². The number of nitrogens with two attached hydrogens (primary N) is 1. The van der Waals surface area contributed by atoms with Gasteiger partial charge in [-0.25, -0.2) is 0 Å². The Morgan fingerprint density at radius 3 is 2.48 bits per heavy atom. The first-order valence-corrected chi connectivity index (χ1v) is 8.32. The number of benzene rings is 1. The Hall–Kier alpha value is -1.88. The summed E-state index contributed by atoms with van der Waals surface area (Å²) >= 11 is 0. The summed E-state index contributed by atoms with van der Waals surface area (Å²) in [4.78, 5) is 23.0. The van der Waals surface area contributed by atoms with Crippen LogP contribution in [-0.2, 0) is 16.0 Å². The Morgan fingerprint density at radius 2 is 1.83 bits per heavy atom. The molecule has 0 aliphatic carbocycles. The Kier molecular flexibility index (Phi) is 8.98. The second kappa shape index (κ2) is 10.8. The average Bonchev–Trinajstić information content (AvgIpc) is 2.55. The summed E-state index contributed by atoms with van der Waals surface area (Å²) in [6.07, 6.45) is 4.65. The van der Waals surface area contributed by atoms with Gasteiger partial charge in [0.1, 0.15) is 0 Å². The molecule has 0 aliphatic rings. The van der Waals surface area contributed by atoms with Crippen molar-refractivity contribution in [3.8, 4) is 0 Å². The molecule has 128 valence electrons. The number of amides is 2. The molecule has 0 saturated heterocycles. The van der Waals surface area contributed by atoms with Gasteiger partial charge in [-0.3, -0.25) is 9.59 Å². The molecule has 0 spiro atoms. The van der Waals surface area contributed by atoms with Gasteiger partial charge in [0.2, 0.25) is 11.8 Å². The first-order chi connectivity index (χ1) is 11.0. The van der Waals surface area contributed by atoms with Gasteiger partial charge in [-0.2, -0.15) is 0 Å². The average molecular weight is 319 g/mol. The lowest BCUT2D eigenvalue weighted by Gasteiger charge is -2.10. The van der Waals surface area contributed by atoms with E-state index < -0.39 is 6.04 Å². The van der Waals surface area contributed by atoms with Gasteiger partial charge in [0, 0.05) is 20.0 Å². The van der Waals surface area contributed by atoms with Gasteiger partial charge in [0.25, 0.3) is 0 Å². The van der Waals surface area contributed by atoms with E-state index in [0.29, 0.717) is 19.4 Å². The van der Waals surface area contributed by atoms with Gasteiger partial charge in [-0.05, 0) is 44.6 Å². The van der Waals surface area contributed by atoms with Gasteiger partial charge >= 0.3 is 0 Å². The molecule has 1 aromatic rings. The van der Waals surface area contributed by atoms with Gasteiger partial charge in [0.05, 0.1) is 6.04 Å². The second-order valence-corrected chi connectivity index (χ2v) is 5.91. The molecule has 0 aliphatic heterocycles. The zero-order valence-corrected chi connectivity index (χ0v) is 14.2. The lowest BCUT2D eigenvalue weighted by Crippen LogP contribution is -2.38. The zero-order chi connectivity index (χ0) is 17.1. The molecule has 0 radical (unpaired) electrons. The van der Waals surface area contributed by atoms with Crippen molar-refractivity contribution in [1.82, 2.24) is 10.6 Å². The number of likely N-dealkylation sites (N-methyl/N-ethyl adjacent to an activating group) is 1. The highest BCUT2D eigenvalue weighted by molar-refractivity contribution is 5.81. The van der Waals surface area contributed by atoms with Crippen molar-refractivity contribution in [2.75, 3.05) is 13.6 Å². The van der Waals surface area contributed by atoms with Crippen LogP contribution < -0.4 is 16.4 Å². The van der Waals surface area contributed by atoms with Crippen molar-refractivity contribution in [2.24, 2.45) is 5.73 Å². The number of unbranched alkanes of at least 4 members (excludes halogenated alkanes) is 1. The summed E-state index contributed by atoms with van der Waals surface area (Å²) in [5.41, 5.74) is 8.22. The number of carbonyl (C=O) groups is 2. The summed E-state index contributed by atoms with van der Waals surface area (Å²) in [5, 5.41) is 5.44. The van der Waals surface area contributed by atoms with Crippen LogP contribution in [0, 0.1) is 6.92 Å². The molecule has 5 nitrogen and oxygen atoms in total. The highest BCUT2D eigenvalue weighted by Crippen LogP contribution is 2.07. The Labute approximate surface area is 139 Å². The molecule has 0 heterocycles. The van der Waals surface area contributed by atoms with Crippen molar-refractivity contribution in [2.45, 2.75) is 51.5 Å². The Balaban J connectivity index is 2.04. The third-order valence-electron chi connectivity index (χ3n) is 3.84. The number of rotatable bonds is 10. The van der Waals surface area contributed by atoms with Crippen molar-refractivity contribution in [1.29, 1.82) is 0 Å². The molecular formula is C18H29N3O2. The van der Waals surface area contributed by atoms with Crippen LogP contribution in [0.2, 0.25) is 0 Å². The number of aryl methyl sites for hydroxylation is 2. The predicted molar refractivity (Wildman–Crippen MR) is 93.0 cm³/mol. The lowest BCUT2D eigenvalue weighted by molar-refractivity contribution is -0.122. The Bertz CT molecular complexity index is 486. The normalized spacial score (nSPS) is 11.8. The molecule has 0 saturated carbocycles. The van der Waals surface area contributed by atoms with E-state index in [9.17, 15) is 9.59 Å². The van der Waals surface area contributed by atoms with E-state index in [2.05, 4.69) is 41.8 Å². The summed E-state index contributed by atoms with van der Waals surface area (Å²) < 4.78 is 0. The lowest BCUT2D eigenvalue weighted by atomic mass is 10.1. The van der Waals surface area contributed by atoms with E-state index in [-0.39, 0.29) is 11.8 Å². The van der Waals surface area contributed by atoms with Crippen LogP contribution in [0.1, 0.15) is 43.2 Å². The van der Waals surface area contributed by atoms with Crippen LogP contribution in [0.5, 0.6) is 0 Å². The highest BCUT2D eigenvalue weighted by Gasteiger charge is 2.10. The molecule has 0 aromatic heterocycles.